The van der Waals surface area contributed by atoms with Crippen LogP contribution in [0.25, 0.3) is 88.2 Å². The molecule has 4 aromatic heterocycles. The number of hydrogen-bond donors (Lipinski definition) is 0. The van der Waals surface area contributed by atoms with Crippen LogP contribution >= 0.6 is 0 Å². The molecule has 4 heteroatoms. The van der Waals surface area contributed by atoms with Gasteiger partial charge in [0.25, 0.3) is 0 Å². The molecule has 0 amide bonds. The zero-order valence-electron chi connectivity index (χ0n) is 28.3. The minimum atomic E-state index is -0.165. The van der Waals surface area contributed by atoms with Crippen molar-refractivity contribution in [3.05, 3.63) is 170 Å². The zero-order chi connectivity index (χ0) is 34.1. The molecule has 0 aliphatic heterocycles. The Morgan fingerprint density at radius 3 is 1.57 bits per heavy atom. The lowest BCUT2D eigenvalue weighted by atomic mass is 9.80. The average Bonchev–Trinajstić information content (AvgIpc) is 3.43. The fourth-order valence-corrected chi connectivity index (χ4v) is 7.98. The summed E-state index contributed by atoms with van der Waals surface area (Å²) in [6.07, 6.45) is 11.2. The highest BCUT2D eigenvalue weighted by Crippen LogP contribution is 2.51. The summed E-state index contributed by atoms with van der Waals surface area (Å²) in [5.74, 6) is 0. The van der Waals surface area contributed by atoms with E-state index in [0.29, 0.717) is 0 Å². The largest absolute Gasteiger partial charge is 0.265 e. The smallest absolute Gasteiger partial charge is 0.0702 e. The molecule has 0 bridgehead atoms. The number of hydrogen-bond acceptors (Lipinski definition) is 4. The molecule has 51 heavy (non-hydrogen) atoms. The molecule has 0 unspecified atom stereocenters. The topological polar surface area (TPSA) is 51.6 Å². The first-order chi connectivity index (χ1) is 25.0. The van der Waals surface area contributed by atoms with Crippen LogP contribution in [0.15, 0.2) is 159 Å². The highest BCUT2D eigenvalue weighted by Gasteiger charge is 2.35. The first-order valence-corrected chi connectivity index (χ1v) is 17.3. The number of nitrogens with zero attached hydrogens (tertiary/aromatic N) is 4. The highest BCUT2D eigenvalue weighted by molar-refractivity contribution is 6.16. The van der Waals surface area contributed by atoms with Crippen LogP contribution in [0.5, 0.6) is 0 Å². The average molecular weight is 653 g/mol. The maximum absolute atomic E-state index is 5.07. The molecule has 0 N–H and O–H groups in total. The Balaban J connectivity index is 1.04. The Kier molecular flexibility index (Phi) is 6.49. The molecule has 0 radical (unpaired) electrons. The summed E-state index contributed by atoms with van der Waals surface area (Å²) in [5.41, 5.74) is 14.8. The molecular weight excluding hydrogens is 621 g/mol. The lowest BCUT2D eigenvalue weighted by Gasteiger charge is -2.23. The van der Waals surface area contributed by atoms with E-state index in [-0.39, 0.29) is 5.41 Å². The quantitative estimate of drug-likeness (QED) is 0.174. The fraction of sp³-hybridized carbons (Fsp3) is 0.0638. The molecule has 9 aromatic rings. The SMILES string of the molecule is CC1(C)c2cc(-c3ccc4ncccc4c3)cc3ccc4cc(-c5ccc(-c6cc(-c7ccncc7)cc(-c7ccncc7)c6)cn5)cc1c4c23. The summed E-state index contributed by atoms with van der Waals surface area (Å²) in [6, 6.07) is 44.0. The van der Waals surface area contributed by atoms with Crippen molar-refractivity contribution in [2.75, 3.05) is 0 Å². The molecule has 5 aromatic carbocycles. The van der Waals surface area contributed by atoms with E-state index in [2.05, 4.69) is 144 Å². The van der Waals surface area contributed by atoms with Crippen LogP contribution in [-0.2, 0) is 5.41 Å². The summed E-state index contributed by atoms with van der Waals surface area (Å²) >= 11 is 0. The van der Waals surface area contributed by atoms with Gasteiger partial charge < -0.3 is 0 Å². The number of pyridine rings is 4. The van der Waals surface area contributed by atoms with Gasteiger partial charge in [-0.25, -0.2) is 0 Å². The molecule has 1 aliphatic carbocycles. The molecule has 0 saturated carbocycles. The molecule has 4 heterocycles. The van der Waals surface area contributed by atoms with Crippen molar-refractivity contribution in [3.8, 4) is 55.8 Å². The van der Waals surface area contributed by atoms with Gasteiger partial charge in [-0.2, -0.15) is 0 Å². The summed E-state index contributed by atoms with van der Waals surface area (Å²) in [4.78, 5) is 18.1. The maximum Gasteiger partial charge on any atom is 0.0702 e. The van der Waals surface area contributed by atoms with Gasteiger partial charge in [-0.05, 0) is 163 Å². The molecular formula is C47H32N4. The van der Waals surface area contributed by atoms with E-state index in [9.17, 15) is 0 Å². The number of benzene rings is 5. The molecule has 4 nitrogen and oxygen atoms in total. The fourth-order valence-electron chi connectivity index (χ4n) is 7.98. The van der Waals surface area contributed by atoms with Crippen molar-refractivity contribution in [2.45, 2.75) is 19.3 Å². The minimum Gasteiger partial charge on any atom is -0.265 e. The van der Waals surface area contributed by atoms with Gasteiger partial charge in [-0.3, -0.25) is 19.9 Å². The third-order valence-electron chi connectivity index (χ3n) is 10.7. The van der Waals surface area contributed by atoms with Gasteiger partial charge in [0.15, 0.2) is 0 Å². The van der Waals surface area contributed by atoms with Gasteiger partial charge in [0.05, 0.1) is 11.2 Å². The number of fused-ring (bicyclic) bond motifs is 1. The van der Waals surface area contributed by atoms with E-state index in [1.165, 1.54) is 43.8 Å². The lowest BCUT2D eigenvalue weighted by molar-refractivity contribution is 0.663. The van der Waals surface area contributed by atoms with Gasteiger partial charge >= 0.3 is 0 Å². The summed E-state index contributed by atoms with van der Waals surface area (Å²) in [7, 11) is 0. The summed E-state index contributed by atoms with van der Waals surface area (Å²) < 4.78 is 0. The first kappa shape index (κ1) is 29.4. The van der Waals surface area contributed by atoms with Crippen molar-refractivity contribution < 1.29 is 0 Å². The molecule has 1 aliphatic rings. The monoisotopic (exact) mass is 652 g/mol. The Morgan fingerprint density at radius 2 is 0.941 bits per heavy atom. The van der Waals surface area contributed by atoms with E-state index < -0.39 is 0 Å². The van der Waals surface area contributed by atoms with Crippen molar-refractivity contribution in [1.82, 2.24) is 19.9 Å². The molecule has 0 fully saturated rings. The first-order valence-electron chi connectivity index (χ1n) is 17.3. The van der Waals surface area contributed by atoms with E-state index in [1.807, 2.05) is 43.2 Å². The Bertz CT molecular complexity index is 2750. The van der Waals surface area contributed by atoms with Crippen LogP contribution in [0.3, 0.4) is 0 Å². The Morgan fingerprint density at radius 1 is 0.392 bits per heavy atom. The molecule has 10 rings (SSSR count). The van der Waals surface area contributed by atoms with Crippen LogP contribution in [0.4, 0.5) is 0 Å². The molecule has 240 valence electrons. The van der Waals surface area contributed by atoms with Crippen molar-refractivity contribution in [2.24, 2.45) is 0 Å². The van der Waals surface area contributed by atoms with Crippen molar-refractivity contribution >= 4 is 32.4 Å². The van der Waals surface area contributed by atoms with Gasteiger partial charge in [-0.15, -0.1) is 0 Å². The number of rotatable bonds is 5. The van der Waals surface area contributed by atoms with Crippen LogP contribution in [0.2, 0.25) is 0 Å². The molecule has 0 spiro atoms. The minimum absolute atomic E-state index is 0.165. The lowest BCUT2D eigenvalue weighted by Crippen LogP contribution is -2.15. The van der Waals surface area contributed by atoms with Crippen LogP contribution in [0.1, 0.15) is 25.0 Å². The second kappa shape index (κ2) is 11.3. The second-order valence-electron chi connectivity index (χ2n) is 14.0. The van der Waals surface area contributed by atoms with E-state index >= 15 is 0 Å². The zero-order valence-corrected chi connectivity index (χ0v) is 28.3. The van der Waals surface area contributed by atoms with Gasteiger partial charge in [0, 0.05) is 59.1 Å². The summed E-state index contributed by atoms with van der Waals surface area (Å²) in [5, 5.41) is 6.42. The third kappa shape index (κ3) is 4.83. The third-order valence-corrected chi connectivity index (χ3v) is 10.7. The summed E-state index contributed by atoms with van der Waals surface area (Å²) in [6.45, 7) is 4.72. The standard InChI is InChI=1S/C47H32N4/c1-47(2)41-26-39(31-7-9-43-32(20-31)4-3-15-50-43)21-33-5-6-34-22-40(27-42(47)46(34)45(33)41)44-10-8-35(28-51-44)38-24-36(29-11-16-48-17-12-29)23-37(25-38)30-13-18-49-19-14-30/h3-28H,1-2H3. The van der Waals surface area contributed by atoms with Gasteiger partial charge in [-0.1, -0.05) is 44.2 Å². The van der Waals surface area contributed by atoms with Crippen LogP contribution < -0.4 is 0 Å². The molecule has 0 saturated heterocycles. The number of aromatic nitrogens is 4. The Hall–Kier alpha value is -6.52. The van der Waals surface area contributed by atoms with E-state index in [0.717, 1.165) is 55.5 Å². The van der Waals surface area contributed by atoms with Crippen molar-refractivity contribution in [3.63, 3.8) is 0 Å². The van der Waals surface area contributed by atoms with E-state index in [1.54, 1.807) is 0 Å². The Labute approximate surface area is 296 Å². The van der Waals surface area contributed by atoms with Gasteiger partial charge in [0.1, 0.15) is 0 Å². The van der Waals surface area contributed by atoms with Gasteiger partial charge in [0.2, 0.25) is 0 Å². The van der Waals surface area contributed by atoms with Crippen LogP contribution in [-0.4, -0.2) is 19.9 Å². The normalized spacial score (nSPS) is 13.1. The highest BCUT2D eigenvalue weighted by atomic mass is 14.7. The molecule has 0 atom stereocenters. The van der Waals surface area contributed by atoms with Crippen LogP contribution in [0, 0.1) is 0 Å². The van der Waals surface area contributed by atoms with Crippen molar-refractivity contribution in [1.29, 1.82) is 0 Å². The maximum atomic E-state index is 5.07. The predicted octanol–water partition coefficient (Wildman–Crippen LogP) is 11.7. The second-order valence-corrected chi connectivity index (χ2v) is 14.0. The predicted molar refractivity (Wildman–Crippen MR) is 209 cm³/mol. The van der Waals surface area contributed by atoms with E-state index in [4.69, 9.17) is 4.98 Å².